The van der Waals surface area contributed by atoms with Gasteiger partial charge in [0.2, 0.25) is 0 Å². The molecule has 3 aromatic carbocycles. The Balaban J connectivity index is 1.44. The van der Waals surface area contributed by atoms with E-state index in [1.54, 1.807) is 48.5 Å². The first-order valence-electron chi connectivity index (χ1n) is 10.1. The molecular formula is C24H18Br2Cl2N2O6. The number of carbonyl (C=O) groups excluding carboxylic acids is 2. The molecule has 0 aromatic heterocycles. The van der Waals surface area contributed by atoms with Crippen LogP contribution in [0.3, 0.4) is 0 Å². The first kappa shape index (κ1) is 27.8. The van der Waals surface area contributed by atoms with Crippen LogP contribution < -0.4 is 24.4 Å². The molecule has 0 saturated heterocycles. The van der Waals surface area contributed by atoms with Crippen LogP contribution in [-0.2, 0) is 9.59 Å². The second kappa shape index (κ2) is 13.5. The highest BCUT2D eigenvalue weighted by molar-refractivity contribution is 9.11. The molecular weight excluding hydrogens is 643 g/mol. The van der Waals surface area contributed by atoms with Crippen LogP contribution in [0.1, 0.15) is 5.56 Å². The Morgan fingerprint density at radius 2 is 1.72 bits per heavy atom. The van der Waals surface area contributed by atoms with Crippen LogP contribution in [0.2, 0.25) is 10.0 Å². The number of ether oxygens (including phenoxy) is 4. The Kier molecular flexibility index (Phi) is 10.4. The summed E-state index contributed by atoms with van der Waals surface area (Å²) in [4.78, 5) is 24.1. The van der Waals surface area contributed by atoms with Crippen LogP contribution in [0, 0.1) is 0 Å². The van der Waals surface area contributed by atoms with Crippen LogP contribution in [0.15, 0.2) is 68.6 Å². The van der Waals surface area contributed by atoms with Gasteiger partial charge >= 0.3 is 5.97 Å². The summed E-state index contributed by atoms with van der Waals surface area (Å²) >= 11 is 18.6. The number of hydrogen-bond acceptors (Lipinski definition) is 7. The highest BCUT2D eigenvalue weighted by Gasteiger charge is 2.13. The summed E-state index contributed by atoms with van der Waals surface area (Å²) in [6.45, 7) is -0.604. The summed E-state index contributed by atoms with van der Waals surface area (Å²) in [5.74, 6) is 0.425. The van der Waals surface area contributed by atoms with E-state index < -0.39 is 11.9 Å². The Bertz CT molecular complexity index is 1270. The van der Waals surface area contributed by atoms with E-state index in [0.29, 0.717) is 43.1 Å². The predicted molar refractivity (Wildman–Crippen MR) is 144 cm³/mol. The normalized spacial score (nSPS) is 10.7. The smallest absolute Gasteiger partial charge is 0.349 e. The van der Waals surface area contributed by atoms with Crippen molar-refractivity contribution in [2.24, 2.45) is 5.10 Å². The van der Waals surface area contributed by atoms with Crippen molar-refractivity contribution in [2.75, 3.05) is 20.3 Å². The van der Waals surface area contributed by atoms with E-state index in [4.69, 9.17) is 42.1 Å². The SMILES string of the molecule is COc1cc(Br)cc(Br)c1OCC(=O)N/N=C/c1ccc(OC(=O)COc2ccc(Cl)cc2Cl)cc1. The van der Waals surface area contributed by atoms with Crippen molar-refractivity contribution in [3.8, 4) is 23.0 Å². The van der Waals surface area contributed by atoms with Gasteiger partial charge in [0.05, 0.1) is 22.8 Å². The van der Waals surface area contributed by atoms with E-state index in [0.717, 1.165) is 4.47 Å². The zero-order valence-corrected chi connectivity index (χ0v) is 23.3. The number of nitrogens with one attached hydrogen (secondary N) is 1. The number of methoxy groups -OCH3 is 1. The minimum atomic E-state index is -0.608. The van der Waals surface area contributed by atoms with Gasteiger partial charge in [-0.15, -0.1) is 0 Å². The molecule has 1 N–H and O–H groups in total. The average Bonchev–Trinajstić information content (AvgIpc) is 2.83. The molecule has 0 aliphatic carbocycles. The Hall–Kier alpha value is -2.79. The topological polar surface area (TPSA) is 95.5 Å². The van der Waals surface area contributed by atoms with E-state index >= 15 is 0 Å². The van der Waals surface area contributed by atoms with Crippen LogP contribution in [0.25, 0.3) is 0 Å². The minimum absolute atomic E-state index is 0.272. The van der Waals surface area contributed by atoms with Gasteiger partial charge in [-0.05, 0) is 76.1 Å². The molecule has 1 amide bonds. The van der Waals surface area contributed by atoms with Gasteiger partial charge in [-0.2, -0.15) is 5.10 Å². The number of nitrogens with zero attached hydrogens (tertiary/aromatic N) is 1. The number of benzene rings is 3. The molecule has 0 spiro atoms. The van der Waals surface area contributed by atoms with Gasteiger partial charge in [0, 0.05) is 9.50 Å². The number of hydrazone groups is 1. The van der Waals surface area contributed by atoms with Crippen molar-refractivity contribution in [2.45, 2.75) is 0 Å². The molecule has 188 valence electrons. The number of rotatable bonds is 10. The molecule has 0 fully saturated rings. The number of esters is 1. The van der Waals surface area contributed by atoms with Gasteiger partial charge in [-0.3, -0.25) is 4.79 Å². The van der Waals surface area contributed by atoms with Crippen molar-refractivity contribution < 1.29 is 28.5 Å². The number of hydrogen-bond donors (Lipinski definition) is 1. The van der Waals surface area contributed by atoms with Gasteiger partial charge in [0.15, 0.2) is 24.7 Å². The molecule has 0 aliphatic heterocycles. The lowest BCUT2D eigenvalue weighted by Crippen LogP contribution is -2.24. The van der Waals surface area contributed by atoms with Crippen LogP contribution >= 0.6 is 55.1 Å². The lowest BCUT2D eigenvalue weighted by atomic mass is 10.2. The molecule has 3 rings (SSSR count). The zero-order valence-electron chi connectivity index (χ0n) is 18.6. The van der Waals surface area contributed by atoms with Crippen LogP contribution in [-0.4, -0.2) is 38.4 Å². The average molecular weight is 661 g/mol. The van der Waals surface area contributed by atoms with Crippen molar-refractivity contribution >= 4 is 73.2 Å². The summed E-state index contributed by atoms with van der Waals surface area (Å²) < 4.78 is 22.8. The van der Waals surface area contributed by atoms with Gasteiger partial charge < -0.3 is 18.9 Å². The second-order valence-electron chi connectivity index (χ2n) is 6.91. The third-order valence-corrected chi connectivity index (χ3v) is 5.87. The fourth-order valence-corrected chi connectivity index (χ4v) is 4.45. The first-order chi connectivity index (χ1) is 17.2. The molecule has 0 bridgehead atoms. The fourth-order valence-electron chi connectivity index (χ4n) is 2.69. The van der Waals surface area contributed by atoms with Gasteiger partial charge in [-0.25, -0.2) is 10.2 Å². The van der Waals surface area contributed by atoms with E-state index in [1.807, 2.05) is 0 Å². The molecule has 0 unspecified atom stereocenters. The predicted octanol–water partition coefficient (Wildman–Crippen LogP) is 6.04. The second-order valence-corrected chi connectivity index (χ2v) is 9.52. The monoisotopic (exact) mass is 658 g/mol. The van der Waals surface area contributed by atoms with Crippen molar-refractivity contribution in [3.63, 3.8) is 0 Å². The Morgan fingerprint density at radius 3 is 2.42 bits per heavy atom. The maximum absolute atomic E-state index is 12.1. The highest BCUT2D eigenvalue weighted by Crippen LogP contribution is 2.38. The quantitative estimate of drug-likeness (QED) is 0.123. The molecule has 0 atom stereocenters. The summed E-state index contributed by atoms with van der Waals surface area (Å²) in [6.07, 6.45) is 1.44. The van der Waals surface area contributed by atoms with E-state index in [-0.39, 0.29) is 13.2 Å². The molecule has 36 heavy (non-hydrogen) atoms. The van der Waals surface area contributed by atoms with Crippen LogP contribution in [0.4, 0.5) is 0 Å². The maximum Gasteiger partial charge on any atom is 0.349 e. The third-order valence-electron chi connectivity index (χ3n) is 4.30. The van der Waals surface area contributed by atoms with Crippen molar-refractivity contribution in [3.05, 3.63) is 79.2 Å². The maximum atomic E-state index is 12.1. The lowest BCUT2D eigenvalue weighted by Gasteiger charge is -2.12. The first-order valence-corrected chi connectivity index (χ1v) is 12.5. The molecule has 3 aromatic rings. The van der Waals surface area contributed by atoms with Crippen molar-refractivity contribution in [1.29, 1.82) is 0 Å². The summed E-state index contributed by atoms with van der Waals surface area (Å²) in [5, 5.41) is 4.65. The molecule has 8 nitrogen and oxygen atoms in total. The summed E-state index contributed by atoms with van der Waals surface area (Å²) in [5.41, 5.74) is 3.04. The molecule has 0 saturated carbocycles. The Labute approximate surface area is 233 Å². The fraction of sp³-hybridized carbons (Fsp3) is 0.125. The minimum Gasteiger partial charge on any atom is -0.493 e. The van der Waals surface area contributed by atoms with E-state index in [9.17, 15) is 9.59 Å². The summed E-state index contributed by atoms with van der Waals surface area (Å²) in [7, 11) is 1.50. The molecule has 0 radical (unpaired) electrons. The van der Waals surface area contributed by atoms with E-state index in [2.05, 4.69) is 42.4 Å². The van der Waals surface area contributed by atoms with E-state index in [1.165, 1.54) is 19.4 Å². The molecule has 12 heteroatoms. The lowest BCUT2D eigenvalue weighted by molar-refractivity contribution is -0.136. The highest BCUT2D eigenvalue weighted by atomic mass is 79.9. The largest absolute Gasteiger partial charge is 0.493 e. The van der Waals surface area contributed by atoms with Crippen molar-refractivity contribution in [1.82, 2.24) is 5.43 Å². The third kappa shape index (κ3) is 8.41. The molecule has 0 heterocycles. The number of amides is 1. The van der Waals surface area contributed by atoms with Gasteiger partial charge in [0.1, 0.15) is 11.5 Å². The number of carbonyl (C=O) groups is 2. The zero-order chi connectivity index (χ0) is 26.1. The van der Waals surface area contributed by atoms with Gasteiger partial charge in [-0.1, -0.05) is 39.1 Å². The molecule has 0 aliphatic rings. The van der Waals surface area contributed by atoms with Crippen LogP contribution in [0.5, 0.6) is 23.0 Å². The Morgan fingerprint density at radius 1 is 0.972 bits per heavy atom. The summed E-state index contributed by atoms with van der Waals surface area (Å²) in [6, 6.07) is 14.7. The standard InChI is InChI=1S/C24H18Br2Cl2N2O6/c1-33-21-9-15(25)8-18(26)24(21)35-12-22(31)30-29-11-14-2-5-17(6-3-14)36-23(32)13-34-20-7-4-16(27)10-19(20)28/h2-11H,12-13H2,1H3,(H,30,31)/b29-11+. The van der Waals surface area contributed by atoms with Gasteiger partial charge in [0.25, 0.3) is 5.91 Å². The number of halogens is 4.